The number of carbonyl (C=O) groups is 1. The highest BCUT2D eigenvalue weighted by Crippen LogP contribution is 2.28. The molecule has 6 heteroatoms. The largest absolute Gasteiger partial charge is 0.493 e. The zero-order valence-corrected chi connectivity index (χ0v) is 17.9. The van der Waals surface area contributed by atoms with Gasteiger partial charge in [0.1, 0.15) is 6.61 Å². The Labute approximate surface area is 183 Å². The van der Waals surface area contributed by atoms with Gasteiger partial charge in [-0.3, -0.25) is 4.79 Å². The van der Waals surface area contributed by atoms with Gasteiger partial charge in [0.05, 0.1) is 13.7 Å². The van der Waals surface area contributed by atoms with Crippen LogP contribution >= 0.6 is 11.6 Å². The molecule has 0 bridgehead atoms. The number of hydrogen-bond acceptors (Lipinski definition) is 4. The second kappa shape index (κ2) is 12.6. The van der Waals surface area contributed by atoms with Crippen molar-refractivity contribution in [2.45, 2.75) is 19.4 Å². The molecule has 5 nitrogen and oxygen atoms in total. The number of methoxy groups -OCH3 is 1. The van der Waals surface area contributed by atoms with E-state index in [1.54, 1.807) is 31.4 Å². The molecule has 0 heterocycles. The van der Waals surface area contributed by atoms with Gasteiger partial charge in [0.2, 0.25) is 0 Å². The maximum absolute atomic E-state index is 12.8. The van der Waals surface area contributed by atoms with Crippen LogP contribution in [0.15, 0.2) is 54.6 Å². The van der Waals surface area contributed by atoms with Crippen LogP contribution in [0.4, 0.5) is 0 Å². The van der Waals surface area contributed by atoms with Gasteiger partial charge in [0.15, 0.2) is 17.6 Å². The van der Waals surface area contributed by atoms with E-state index in [0.29, 0.717) is 36.1 Å². The van der Waals surface area contributed by atoms with Crippen molar-refractivity contribution in [2.75, 3.05) is 26.9 Å². The Balaban J connectivity index is 1.99. The number of terminal acetylenes is 1. The predicted molar refractivity (Wildman–Crippen MR) is 119 cm³/mol. The monoisotopic (exact) mass is 427 g/mol. The van der Waals surface area contributed by atoms with Crippen LogP contribution in [0.2, 0.25) is 5.02 Å². The molecule has 0 unspecified atom stereocenters. The summed E-state index contributed by atoms with van der Waals surface area (Å²) in [7, 11) is 1.57. The number of allylic oxidation sites excluding steroid dienone is 1. The third-order valence-electron chi connectivity index (χ3n) is 4.26. The van der Waals surface area contributed by atoms with Crippen LogP contribution in [-0.4, -0.2) is 32.8 Å². The van der Waals surface area contributed by atoms with Crippen molar-refractivity contribution in [3.63, 3.8) is 0 Å². The summed E-state index contributed by atoms with van der Waals surface area (Å²) >= 11 is 5.96. The van der Waals surface area contributed by atoms with E-state index in [9.17, 15) is 4.79 Å². The highest BCUT2D eigenvalue weighted by Gasteiger charge is 2.20. The molecular formula is C24H26ClNO4. The molecule has 1 amide bonds. The minimum Gasteiger partial charge on any atom is -0.493 e. The van der Waals surface area contributed by atoms with Crippen molar-refractivity contribution in [3.8, 4) is 23.8 Å². The van der Waals surface area contributed by atoms with E-state index in [0.717, 1.165) is 11.1 Å². The average molecular weight is 428 g/mol. The maximum Gasteiger partial charge on any atom is 0.253 e. The van der Waals surface area contributed by atoms with Crippen LogP contribution < -0.4 is 14.8 Å². The molecule has 2 aromatic rings. The zero-order chi connectivity index (χ0) is 21.8. The first-order valence-corrected chi connectivity index (χ1v) is 9.96. The minimum atomic E-state index is -0.715. The lowest BCUT2D eigenvalue weighted by Gasteiger charge is -2.18. The van der Waals surface area contributed by atoms with Crippen molar-refractivity contribution in [2.24, 2.45) is 0 Å². The molecule has 0 aromatic heterocycles. The standard InChI is InChI=1S/C24H26ClNO4/c1-4-6-16-30-23(19-8-10-20(25)11-9-19)24(27)26-14-13-18-7-12-21(29-15-5-2)22(17-18)28-3/h2,4,6-12,17,23H,13-16H2,1,3H3,(H,26,27)/b6-4+/t23-/m0/s1. The van der Waals surface area contributed by atoms with E-state index in [1.165, 1.54) is 0 Å². The lowest BCUT2D eigenvalue weighted by Crippen LogP contribution is -2.32. The van der Waals surface area contributed by atoms with Crippen LogP contribution in [0, 0.1) is 12.3 Å². The summed E-state index contributed by atoms with van der Waals surface area (Å²) in [5.41, 5.74) is 1.75. The topological polar surface area (TPSA) is 56.8 Å². The number of hydrogen-bond donors (Lipinski definition) is 1. The smallest absolute Gasteiger partial charge is 0.253 e. The number of carbonyl (C=O) groups excluding carboxylic acids is 1. The van der Waals surface area contributed by atoms with Crippen molar-refractivity contribution >= 4 is 17.5 Å². The van der Waals surface area contributed by atoms with Crippen LogP contribution in [0.5, 0.6) is 11.5 Å². The summed E-state index contributed by atoms with van der Waals surface area (Å²) in [6.07, 6.45) is 8.87. The molecule has 0 radical (unpaired) electrons. The van der Waals surface area contributed by atoms with E-state index in [1.807, 2.05) is 37.3 Å². The van der Waals surface area contributed by atoms with Crippen molar-refractivity contribution in [1.82, 2.24) is 5.32 Å². The van der Waals surface area contributed by atoms with Crippen molar-refractivity contribution < 1.29 is 19.0 Å². The Morgan fingerprint density at radius 3 is 2.67 bits per heavy atom. The van der Waals surface area contributed by atoms with Crippen molar-refractivity contribution in [1.29, 1.82) is 0 Å². The number of nitrogens with one attached hydrogen (secondary N) is 1. The number of benzene rings is 2. The Morgan fingerprint density at radius 1 is 1.23 bits per heavy atom. The van der Waals surface area contributed by atoms with Crippen LogP contribution in [0.25, 0.3) is 0 Å². The van der Waals surface area contributed by atoms with Crippen LogP contribution in [0.3, 0.4) is 0 Å². The second-order valence-corrected chi connectivity index (χ2v) is 6.79. The summed E-state index contributed by atoms with van der Waals surface area (Å²) < 4.78 is 16.6. The van der Waals surface area contributed by atoms with E-state index in [4.69, 9.17) is 32.2 Å². The van der Waals surface area contributed by atoms with Gasteiger partial charge in [-0.05, 0) is 48.7 Å². The number of ether oxygens (including phenoxy) is 3. The summed E-state index contributed by atoms with van der Waals surface area (Å²) in [6.45, 7) is 2.86. The van der Waals surface area contributed by atoms with Gasteiger partial charge in [-0.15, -0.1) is 6.42 Å². The van der Waals surface area contributed by atoms with E-state index in [2.05, 4.69) is 11.2 Å². The molecule has 0 saturated heterocycles. The molecule has 0 spiro atoms. The van der Waals surface area contributed by atoms with Gasteiger partial charge in [-0.1, -0.05) is 47.9 Å². The fraction of sp³-hybridized carbons (Fsp3) is 0.292. The Kier molecular flexibility index (Phi) is 9.79. The number of amides is 1. The number of rotatable bonds is 11. The van der Waals surface area contributed by atoms with Gasteiger partial charge < -0.3 is 19.5 Å². The summed E-state index contributed by atoms with van der Waals surface area (Å²) in [6, 6.07) is 12.7. The van der Waals surface area contributed by atoms with Gasteiger partial charge >= 0.3 is 0 Å². The first kappa shape index (κ1) is 23.3. The Bertz CT molecular complexity index is 887. The number of halogens is 1. The highest BCUT2D eigenvalue weighted by atomic mass is 35.5. The normalized spacial score (nSPS) is 11.7. The molecule has 2 aromatic carbocycles. The predicted octanol–water partition coefficient (Wildman–Crippen LogP) is 4.35. The van der Waals surface area contributed by atoms with E-state index < -0.39 is 6.10 Å². The molecule has 1 N–H and O–H groups in total. The third-order valence-corrected chi connectivity index (χ3v) is 4.51. The quantitative estimate of drug-likeness (QED) is 0.428. The van der Waals surface area contributed by atoms with Gasteiger partial charge in [0.25, 0.3) is 5.91 Å². The third kappa shape index (κ3) is 7.14. The first-order valence-electron chi connectivity index (χ1n) is 9.58. The molecule has 0 aliphatic rings. The molecule has 158 valence electrons. The van der Waals surface area contributed by atoms with Crippen LogP contribution in [0.1, 0.15) is 24.2 Å². The first-order chi connectivity index (χ1) is 14.6. The molecule has 1 atom stereocenters. The highest BCUT2D eigenvalue weighted by molar-refractivity contribution is 6.30. The van der Waals surface area contributed by atoms with Gasteiger partial charge in [-0.2, -0.15) is 0 Å². The molecule has 0 fully saturated rings. The van der Waals surface area contributed by atoms with Gasteiger partial charge in [0, 0.05) is 11.6 Å². The lowest BCUT2D eigenvalue weighted by molar-refractivity contribution is -0.132. The van der Waals surface area contributed by atoms with Crippen molar-refractivity contribution in [3.05, 3.63) is 70.8 Å². The van der Waals surface area contributed by atoms with Gasteiger partial charge in [-0.25, -0.2) is 0 Å². The second-order valence-electron chi connectivity index (χ2n) is 6.35. The maximum atomic E-state index is 12.8. The summed E-state index contributed by atoms with van der Waals surface area (Å²) in [5.74, 6) is 3.41. The summed E-state index contributed by atoms with van der Waals surface area (Å²) in [5, 5.41) is 3.54. The fourth-order valence-electron chi connectivity index (χ4n) is 2.74. The molecule has 30 heavy (non-hydrogen) atoms. The molecule has 0 saturated carbocycles. The fourth-order valence-corrected chi connectivity index (χ4v) is 2.86. The molecule has 0 aliphatic heterocycles. The zero-order valence-electron chi connectivity index (χ0n) is 17.2. The van der Waals surface area contributed by atoms with E-state index >= 15 is 0 Å². The molecule has 0 aliphatic carbocycles. The average Bonchev–Trinajstić information content (AvgIpc) is 2.76. The molecule has 2 rings (SSSR count). The Hall–Kier alpha value is -2.94. The SMILES string of the molecule is C#CCOc1ccc(CCNC(=O)[C@@H](OC/C=C/C)c2ccc(Cl)cc2)cc1OC. The minimum absolute atomic E-state index is 0.172. The Morgan fingerprint density at radius 2 is 2.00 bits per heavy atom. The van der Waals surface area contributed by atoms with Crippen LogP contribution in [-0.2, 0) is 16.0 Å². The molecular weight excluding hydrogens is 402 g/mol. The van der Waals surface area contributed by atoms with E-state index in [-0.39, 0.29) is 12.5 Å². The lowest BCUT2D eigenvalue weighted by atomic mass is 10.1. The summed E-state index contributed by atoms with van der Waals surface area (Å²) in [4.78, 5) is 12.8.